The molecular formula is C32H17NOS. The fourth-order valence-electron chi connectivity index (χ4n) is 5.99. The Hall–Kier alpha value is -4.34. The van der Waals surface area contributed by atoms with Crippen molar-refractivity contribution in [1.82, 2.24) is 4.40 Å². The van der Waals surface area contributed by atoms with Crippen molar-refractivity contribution in [2.24, 2.45) is 0 Å². The second kappa shape index (κ2) is 6.21. The van der Waals surface area contributed by atoms with Crippen molar-refractivity contribution >= 4 is 91.4 Å². The average Bonchev–Trinajstić information content (AvgIpc) is 3.57. The average molecular weight is 464 g/mol. The molecule has 4 heterocycles. The Kier molecular flexibility index (Phi) is 3.20. The number of thiophene rings is 1. The van der Waals surface area contributed by atoms with E-state index in [-0.39, 0.29) is 0 Å². The summed E-state index contributed by atoms with van der Waals surface area (Å²) in [5.41, 5.74) is 4.36. The highest BCUT2D eigenvalue weighted by atomic mass is 32.1. The highest BCUT2D eigenvalue weighted by Crippen LogP contribution is 2.43. The molecule has 35 heavy (non-hydrogen) atoms. The summed E-state index contributed by atoms with van der Waals surface area (Å²) in [6.45, 7) is 0. The fraction of sp³-hybridized carbons (Fsp3) is 0. The molecule has 0 aliphatic carbocycles. The van der Waals surface area contributed by atoms with E-state index in [0.29, 0.717) is 0 Å². The molecule has 3 heteroatoms. The number of hydrogen-bond donors (Lipinski definition) is 0. The molecule has 4 aromatic heterocycles. The standard InChI is InChI=1S/C32H17NOS/c1-2-8-19-18(7-1)17-33-27-16-31-25(21-10-4-6-12-30(21)35-31)14-23(27)22-13-24-20-9-3-5-11-28(20)34-29(24)15-26(22)32(19)33/h1-17H. The third-order valence-corrected chi connectivity index (χ3v) is 8.68. The van der Waals surface area contributed by atoms with Crippen LogP contribution in [0.4, 0.5) is 0 Å². The normalized spacial score (nSPS) is 12.6. The van der Waals surface area contributed by atoms with E-state index in [2.05, 4.69) is 102 Å². The van der Waals surface area contributed by atoms with E-state index in [9.17, 15) is 0 Å². The summed E-state index contributed by atoms with van der Waals surface area (Å²) < 4.78 is 11.4. The number of nitrogens with zero attached hydrogens (tertiary/aromatic N) is 1. The minimum absolute atomic E-state index is 0.935. The van der Waals surface area contributed by atoms with Crippen molar-refractivity contribution in [3.05, 3.63) is 103 Å². The van der Waals surface area contributed by atoms with Crippen molar-refractivity contribution in [1.29, 1.82) is 0 Å². The topological polar surface area (TPSA) is 17.6 Å². The molecule has 2 nitrogen and oxygen atoms in total. The Bertz CT molecular complexity index is 2330. The van der Waals surface area contributed by atoms with Gasteiger partial charge in [0, 0.05) is 58.7 Å². The Morgan fingerprint density at radius 3 is 2.23 bits per heavy atom. The van der Waals surface area contributed by atoms with Gasteiger partial charge in [0.05, 0.1) is 11.0 Å². The summed E-state index contributed by atoms with van der Waals surface area (Å²) in [7, 11) is 0. The van der Waals surface area contributed by atoms with Gasteiger partial charge in [0.2, 0.25) is 0 Å². The van der Waals surface area contributed by atoms with Crippen LogP contribution in [0, 0.1) is 0 Å². The van der Waals surface area contributed by atoms with Gasteiger partial charge in [0.1, 0.15) is 11.2 Å². The predicted octanol–water partition coefficient (Wildman–Crippen LogP) is 9.67. The first-order valence-corrected chi connectivity index (χ1v) is 12.7. The van der Waals surface area contributed by atoms with Crippen molar-refractivity contribution in [3.63, 3.8) is 0 Å². The minimum Gasteiger partial charge on any atom is -0.456 e. The molecule has 0 unspecified atom stereocenters. The highest BCUT2D eigenvalue weighted by molar-refractivity contribution is 7.25. The molecule has 0 amide bonds. The van der Waals surface area contributed by atoms with Crippen LogP contribution in [0.1, 0.15) is 0 Å². The third-order valence-electron chi connectivity index (χ3n) is 7.54. The largest absolute Gasteiger partial charge is 0.456 e. The van der Waals surface area contributed by atoms with Gasteiger partial charge in [0.25, 0.3) is 0 Å². The van der Waals surface area contributed by atoms with Crippen LogP contribution in [0.25, 0.3) is 80.1 Å². The number of benzene rings is 5. The summed E-state index contributed by atoms with van der Waals surface area (Å²) in [6, 6.07) is 35.2. The van der Waals surface area contributed by atoms with Crippen LogP contribution < -0.4 is 0 Å². The van der Waals surface area contributed by atoms with E-state index >= 15 is 0 Å². The number of hydrogen-bond acceptors (Lipinski definition) is 2. The van der Waals surface area contributed by atoms with Gasteiger partial charge in [-0.15, -0.1) is 11.3 Å². The lowest BCUT2D eigenvalue weighted by molar-refractivity contribution is 0.669. The van der Waals surface area contributed by atoms with Crippen LogP contribution in [0.5, 0.6) is 0 Å². The Morgan fingerprint density at radius 1 is 0.514 bits per heavy atom. The molecule has 9 rings (SSSR count). The zero-order chi connectivity index (χ0) is 22.7. The summed E-state index contributed by atoms with van der Waals surface area (Å²) >= 11 is 1.87. The summed E-state index contributed by atoms with van der Waals surface area (Å²) in [4.78, 5) is 0. The van der Waals surface area contributed by atoms with Gasteiger partial charge in [0.15, 0.2) is 0 Å². The summed E-state index contributed by atoms with van der Waals surface area (Å²) in [5.74, 6) is 0. The molecule has 5 aromatic carbocycles. The van der Waals surface area contributed by atoms with Crippen LogP contribution in [-0.4, -0.2) is 4.40 Å². The number of aromatic nitrogens is 1. The van der Waals surface area contributed by atoms with E-state index in [1.165, 1.54) is 68.9 Å². The lowest BCUT2D eigenvalue weighted by atomic mass is 9.99. The Labute approximate surface area is 203 Å². The number of rotatable bonds is 0. The number of para-hydroxylation sites is 1. The Morgan fingerprint density at radius 2 is 1.29 bits per heavy atom. The van der Waals surface area contributed by atoms with Gasteiger partial charge < -0.3 is 8.82 Å². The van der Waals surface area contributed by atoms with Crippen LogP contribution in [0.2, 0.25) is 0 Å². The molecule has 9 aromatic rings. The van der Waals surface area contributed by atoms with Gasteiger partial charge in [-0.25, -0.2) is 0 Å². The smallest absolute Gasteiger partial charge is 0.136 e. The van der Waals surface area contributed by atoms with Gasteiger partial charge in [-0.3, -0.25) is 0 Å². The second-order valence-electron chi connectivity index (χ2n) is 9.39. The molecule has 0 spiro atoms. The van der Waals surface area contributed by atoms with Crippen molar-refractivity contribution in [2.45, 2.75) is 0 Å². The van der Waals surface area contributed by atoms with E-state index in [1.54, 1.807) is 0 Å². The first-order valence-electron chi connectivity index (χ1n) is 11.9. The van der Waals surface area contributed by atoms with E-state index in [0.717, 1.165) is 11.2 Å². The number of fused-ring (bicyclic) bond motifs is 14. The fourth-order valence-corrected chi connectivity index (χ4v) is 7.11. The zero-order valence-corrected chi connectivity index (χ0v) is 19.4. The summed E-state index contributed by atoms with van der Waals surface area (Å²) in [6.07, 6.45) is 2.29. The quantitative estimate of drug-likeness (QED) is 0.205. The SMILES string of the molecule is c1ccc2c(c1)cn1c3cc4sc5ccccc5c4cc3c3cc4c(cc3c21)oc1ccccc14. The highest BCUT2D eigenvalue weighted by Gasteiger charge is 2.17. The second-order valence-corrected chi connectivity index (χ2v) is 10.5. The first-order chi connectivity index (χ1) is 17.3. The van der Waals surface area contributed by atoms with Crippen LogP contribution in [0.3, 0.4) is 0 Å². The minimum atomic E-state index is 0.935. The molecule has 0 aliphatic rings. The number of furan rings is 1. The van der Waals surface area contributed by atoms with Crippen LogP contribution in [-0.2, 0) is 0 Å². The maximum absolute atomic E-state index is 6.32. The van der Waals surface area contributed by atoms with E-state index in [1.807, 2.05) is 17.4 Å². The van der Waals surface area contributed by atoms with Crippen LogP contribution in [0.15, 0.2) is 108 Å². The molecule has 162 valence electrons. The maximum Gasteiger partial charge on any atom is 0.136 e. The van der Waals surface area contributed by atoms with Crippen molar-refractivity contribution in [3.8, 4) is 0 Å². The zero-order valence-electron chi connectivity index (χ0n) is 18.6. The molecule has 0 bridgehead atoms. The van der Waals surface area contributed by atoms with Crippen LogP contribution >= 0.6 is 11.3 Å². The molecule has 0 radical (unpaired) electrons. The summed E-state index contributed by atoms with van der Waals surface area (Å²) in [5, 5.41) is 11.3. The molecule has 0 fully saturated rings. The molecular weight excluding hydrogens is 446 g/mol. The monoisotopic (exact) mass is 463 g/mol. The van der Waals surface area contributed by atoms with Gasteiger partial charge in [-0.05, 0) is 41.8 Å². The lowest BCUT2D eigenvalue weighted by Crippen LogP contribution is -1.90. The lowest BCUT2D eigenvalue weighted by Gasteiger charge is -2.11. The molecule has 0 N–H and O–H groups in total. The van der Waals surface area contributed by atoms with E-state index in [4.69, 9.17) is 4.42 Å². The predicted molar refractivity (Wildman–Crippen MR) is 150 cm³/mol. The molecule has 0 atom stereocenters. The van der Waals surface area contributed by atoms with Gasteiger partial charge in [-0.1, -0.05) is 60.7 Å². The first kappa shape index (κ1) is 18.0. The Balaban J connectivity index is 1.61. The molecule has 0 aliphatic heterocycles. The molecule has 0 saturated carbocycles. The van der Waals surface area contributed by atoms with Crippen molar-refractivity contribution in [2.75, 3.05) is 0 Å². The van der Waals surface area contributed by atoms with Gasteiger partial charge >= 0.3 is 0 Å². The number of pyridine rings is 1. The van der Waals surface area contributed by atoms with Crippen molar-refractivity contribution < 1.29 is 4.42 Å². The van der Waals surface area contributed by atoms with Gasteiger partial charge in [-0.2, -0.15) is 0 Å². The third kappa shape index (κ3) is 2.24. The van der Waals surface area contributed by atoms with E-state index < -0.39 is 0 Å². The maximum atomic E-state index is 6.32. The molecule has 0 saturated heterocycles.